The van der Waals surface area contributed by atoms with Crippen molar-refractivity contribution >= 4 is 25.7 Å². The summed E-state index contributed by atoms with van der Waals surface area (Å²) in [6.45, 7) is 4.23. The minimum Gasteiger partial charge on any atom is -0.496 e. The van der Waals surface area contributed by atoms with Crippen LogP contribution in [0.5, 0.6) is 5.75 Å². The van der Waals surface area contributed by atoms with E-state index < -0.39 is 20.0 Å². The first-order valence-corrected chi connectivity index (χ1v) is 12.1. The van der Waals surface area contributed by atoms with E-state index in [1.165, 1.54) is 24.5 Å². The van der Waals surface area contributed by atoms with Crippen molar-refractivity contribution in [3.05, 3.63) is 47.5 Å². The standard InChI is InChI=1S/C20H26N2O5S2/c1-14(2)18-13-17(7-9-20(18)27-5)29(25,26)22-11-10-15-12-16(6-8-19(15)22)28(23,24)21(3)4/h6-9,12-14H,10-11H2,1-5H3. The molecule has 0 bridgehead atoms. The average molecular weight is 439 g/mol. The first-order chi connectivity index (χ1) is 13.5. The van der Waals surface area contributed by atoms with Crippen molar-refractivity contribution in [2.75, 3.05) is 32.1 Å². The summed E-state index contributed by atoms with van der Waals surface area (Å²) in [4.78, 5) is 0.354. The number of fused-ring (bicyclic) bond motifs is 1. The minimum absolute atomic E-state index is 0.102. The van der Waals surface area contributed by atoms with Crippen LogP contribution in [0.4, 0.5) is 5.69 Å². The predicted octanol–water partition coefficient (Wildman–Crippen LogP) is 2.82. The molecule has 1 heterocycles. The highest BCUT2D eigenvalue weighted by atomic mass is 32.2. The van der Waals surface area contributed by atoms with Crippen LogP contribution >= 0.6 is 0 Å². The number of hydrogen-bond acceptors (Lipinski definition) is 5. The van der Waals surface area contributed by atoms with E-state index in [9.17, 15) is 16.8 Å². The Hall–Kier alpha value is -2.10. The Kier molecular flexibility index (Phi) is 5.68. The fourth-order valence-electron chi connectivity index (χ4n) is 3.42. The fraction of sp³-hybridized carbons (Fsp3) is 0.400. The molecule has 0 saturated heterocycles. The van der Waals surface area contributed by atoms with Gasteiger partial charge in [0.05, 0.1) is 22.6 Å². The lowest BCUT2D eigenvalue weighted by Crippen LogP contribution is -2.29. The molecule has 0 fully saturated rings. The van der Waals surface area contributed by atoms with Crippen LogP contribution in [-0.4, -0.2) is 48.9 Å². The van der Waals surface area contributed by atoms with Crippen LogP contribution in [0.3, 0.4) is 0 Å². The van der Waals surface area contributed by atoms with Crippen LogP contribution in [0, 0.1) is 0 Å². The summed E-state index contributed by atoms with van der Waals surface area (Å²) in [7, 11) is -2.86. The molecule has 0 spiro atoms. The number of rotatable bonds is 6. The Balaban J connectivity index is 2.03. The third-order valence-corrected chi connectivity index (χ3v) is 8.71. The first-order valence-electron chi connectivity index (χ1n) is 9.26. The van der Waals surface area contributed by atoms with Crippen molar-refractivity contribution in [3.63, 3.8) is 0 Å². The van der Waals surface area contributed by atoms with Crippen LogP contribution in [-0.2, 0) is 26.5 Å². The molecule has 29 heavy (non-hydrogen) atoms. The minimum atomic E-state index is -3.78. The van der Waals surface area contributed by atoms with Crippen molar-refractivity contribution in [3.8, 4) is 5.75 Å². The molecule has 0 aromatic heterocycles. The van der Waals surface area contributed by atoms with Crippen molar-refractivity contribution in [2.45, 2.75) is 36.0 Å². The van der Waals surface area contributed by atoms with E-state index in [1.807, 2.05) is 13.8 Å². The monoisotopic (exact) mass is 438 g/mol. The largest absolute Gasteiger partial charge is 0.496 e. The predicted molar refractivity (Wildman–Crippen MR) is 113 cm³/mol. The Labute approximate surface area is 173 Å². The Morgan fingerprint density at radius 2 is 1.66 bits per heavy atom. The molecule has 3 rings (SSSR count). The molecule has 0 saturated carbocycles. The molecule has 7 nitrogen and oxygen atoms in total. The molecule has 2 aromatic carbocycles. The van der Waals surface area contributed by atoms with E-state index in [2.05, 4.69) is 0 Å². The number of hydrogen-bond donors (Lipinski definition) is 0. The molecular weight excluding hydrogens is 412 g/mol. The van der Waals surface area contributed by atoms with Gasteiger partial charge in [0, 0.05) is 20.6 Å². The highest BCUT2D eigenvalue weighted by molar-refractivity contribution is 7.92. The first kappa shape index (κ1) is 21.6. The number of benzene rings is 2. The van der Waals surface area contributed by atoms with Crippen molar-refractivity contribution in [1.29, 1.82) is 0 Å². The van der Waals surface area contributed by atoms with E-state index in [4.69, 9.17) is 4.74 Å². The molecule has 1 aliphatic heterocycles. The van der Waals surface area contributed by atoms with Crippen molar-refractivity contribution in [1.82, 2.24) is 4.31 Å². The molecular formula is C20H26N2O5S2. The average Bonchev–Trinajstić information content (AvgIpc) is 3.11. The SMILES string of the molecule is COc1ccc(S(=O)(=O)N2CCc3cc(S(=O)(=O)N(C)C)ccc32)cc1C(C)C. The maximum atomic E-state index is 13.3. The summed E-state index contributed by atoms with van der Waals surface area (Å²) < 4.78 is 59.2. The van der Waals surface area contributed by atoms with Crippen molar-refractivity contribution < 1.29 is 21.6 Å². The third-order valence-electron chi connectivity index (χ3n) is 5.09. The summed E-state index contributed by atoms with van der Waals surface area (Å²) in [6.07, 6.45) is 0.457. The van der Waals surface area contributed by atoms with Crippen LogP contribution in [0.1, 0.15) is 30.9 Å². The number of anilines is 1. The molecule has 0 aliphatic carbocycles. The van der Waals surface area contributed by atoms with E-state index in [0.717, 1.165) is 9.87 Å². The third kappa shape index (κ3) is 3.74. The summed E-state index contributed by atoms with van der Waals surface area (Å²) >= 11 is 0. The fourth-order valence-corrected chi connectivity index (χ4v) is 5.91. The zero-order chi connectivity index (χ0) is 21.6. The number of ether oxygens (including phenoxy) is 1. The second-order valence-corrected chi connectivity index (χ2v) is 11.5. The van der Waals surface area contributed by atoms with Gasteiger partial charge in [-0.25, -0.2) is 21.1 Å². The molecule has 0 radical (unpaired) electrons. The molecule has 0 amide bonds. The van der Waals surface area contributed by atoms with Crippen LogP contribution < -0.4 is 9.04 Å². The molecule has 158 valence electrons. The van der Waals surface area contributed by atoms with Gasteiger partial charge in [-0.05, 0) is 59.9 Å². The number of sulfonamides is 2. The molecule has 0 atom stereocenters. The topological polar surface area (TPSA) is 84.0 Å². The lowest BCUT2D eigenvalue weighted by molar-refractivity contribution is 0.407. The van der Waals surface area contributed by atoms with Gasteiger partial charge >= 0.3 is 0 Å². The molecule has 2 aromatic rings. The van der Waals surface area contributed by atoms with Crippen LogP contribution in [0.25, 0.3) is 0 Å². The van der Waals surface area contributed by atoms with E-state index in [-0.39, 0.29) is 22.3 Å². The van der Waals surface area contributed by atoms with Crippen LogP contribution in [0.2, 0.25) is 0 Å². The number of nitrogens with zero attached hydrogens (tertiary/aromatic N) is 2. The van der Waals surface area contributed by atoms with E-state index in [0.29, 0.717) is 23.4 Å². The van der Waals surface area contributed by atoms with Gasteiger partial charge in [-0.1, -0.05) is 13.8 Å². The molecule has 9 heteroatoms. The van der Waals surface area contributed by atoms with Gasteiger partial charge in [-0.2, -0.15) is 0 Å². The maximum Gasteiger partial charge on any atom is 0.264 e. The molecule has 0 N–H and O–H groups in total. The zero-order valence-corrected chi connectivity index (χ0v) is 18.8. The summed E-state index contributed by atoms with van der Waals surface area (Å²) in [5.74, 6) is 0.754. The lowest BCUT2D eigenvalue weighted by atomic mass is 10.0. The van der Waals surface area contributed by atoms with Gasteiger partial charge in [0.15, 0.2) is 0 Å². The smallest absolute Gasteiger partial charge is 0.264 e. The lowest BCUT2D eigenvalue weighted by Gasteiger charge is -2.21. The van der Waals surface area contributed by atoms with Gasteiger partial charge in [0.25, 0.3) is 10.0 Å². The second-order valence-electron chi connectivity index (χ2n) is 7.46. The quantitative estimate of drug-likeness (QED) is 0.692. The van der Waals surface area contributed by atoms with Crippen LogP contribution in [0.15, 0.2) is 46.2 Å². The maximum absolute atomic E-state index is 13.3. The van der Waals surface area contributed by atoms with E-state index >= 15 is 0 Å². The highest BCUT2D eigenvalue weighted by Crippen LogP contribution is 2.36. The number of methoxy groups -OCH3 is 1. The molecule has 0 unspecified atom stereocenters. The van der Waals surface area contributed by atoms with Crippen molar-refractivity contribution in [2.24, 2.45) is 0 Å². The van der Waals surface area contributed by atoms with Gasteiger partial charge < -0.3 is 4.74 Å². The van der Waals surface area contributed by atoms with Gasteiger partial charge in [0.1, 0.15) is 5.75 Å². The van der Waals surface area contributed by atoms with E-state index in [1.54, 1.807) is 37.4 Å². The van der Waals surface area contributed by atoms with Gasteiger partial charge in [-0.3, -0.25) is 4.31 Å². The second kappa shape index (κ2) is 7.62. The Bertz CT molecular complexity index is 1140. The van der Waals surface area contributed by atoms with Gasteiger partial charge in [-0.15, -0.1) is 0 Å². The Morgan fingerprint density at radius 1 is 1.00 bits per heavy atom. The summed E-state index contributed by atoms with van der Waals surface area (Å²) in [5.41, 5.74) is 2.04. The zero-order valence-electron chi connectivity index (χ0n) is 17.2. The molecule has 1 aliphatic rings. The highest BCUT2D eigenvalue weighted by Gasteiger charge is 2.32. The van der Waals surface area contributed by atoms with Gasteiger partial charge in [0.2, 0.25) is 10.0 Å². The summed E-state index contributed by atoms with van der Waals surface area (Å²) in [5, 5.41) is 0. The Morgan fingerprint density at radius 3 is 2.24 bits per heavy atom. The normalized spacial score (nSPS) is 14.5. The summed E-state index contributed by atoms with van der Waals surface area (Å²) in [6, 6.07) is 9.46.